The van der Waals surface area contributed by atoms with Crippen LogP contribution < -0.4 is 36.1 Å². The van der Waals surface area contributed by atoms with Gasteiger partial charge in [-0.15, -0.1) is 12.4 Å². The van der Waals surface area contributed by atoms with E-state index in [0.29, 0.717) is 11.1 Å². The monoisotopic (exact) mass is 848 g/mol. The summed E-state index contributed by atoms with van der Waals surface area (Å²) in [5.74, 6) is -2.64. The molecule has 312 valence electrons. The zero-order chi connectivity index (χ0) is 42.4. The van der Waals surface area contributed by atoms with Crippen molar-refractivity contribution in [2.24, 2.45) is 27.2 Å². The number of hydrogen-bond donors (Lipinski definition) is 3. The Morgan fingerprint density at radius 2 is 0.862 bits per heavy atom. The van der Waals surface area contributed by atoms with Crippen LogP contribution in [0.2, 0.25) is 0 Å². The van der Waals surface area contributed by atoms with Crippen LogP contribution in [0.3, 0.4) is 0 Å². The van der Waals surface area contributed by atoms with E-state index < -0.39 is 49.5 Å². The summed E-state index contributed by atoms with van der Waals surface area (Å²) in [5.41, 5.74) is 14.5. The van der Waals surface area contributed by atoms with Gasteiger partial charge in [0.1, 0.15) is 23.0 Å². The van der Waals surface area contributed by atoms with Crippen molar-refractivity contribution in [2.75, 3.05) is 14.1 Å². The van der Waals surface area contributed by atoms with Crippen molar-refractivity contribution in [3.8, 4) is 23.0 Å². The van der Waals surface area contributed by atoms with E-state index in [1.165, 1.54) is 86.9 Å². The van der Waals surface area contributed by atoms with E-state index in [0.717, 1.165) is 29.2 Å². The summed E-state index contributed by atoms with van der Waals surface area (Å²) < 4.78 is 115. The van der Waals surface area contributed by atoms with Gasteiger partial charge in [-0.1, -0.05) is 24.3 Å². The fourth-order valence-corrected chi connectivity index (χ4v) is 4.78. The van der Waals surface area contributed by atoms with Crippen molar-refractivity contribution in [3.63, 3.8) is 0 Å². The molecule has 0 bridgehead atoms. The number of halogens is 9. The van der Waals surface area contributed by atoms with Gasteiger partial charge >= 0.3 is 26.4 Å². The number of aliphatic imine (C=N–C) groups is 2. The first-order valence-electron chi connectivity index (χ1n) is 15.8. The number of benzene rings is 4. The van der Waals surface area contributed by atoms with Gasteiger partial charge in [-0.05, 0) is 83.9 Å². The molecule has 0 saturated heterocycles. The Bertz CT molecular complexity index is 1910. The second kappa shape index (κ2) is 21.6. The highest BCUT2D eigenvalue weighted by Gasteiger charge is 2.49. The number of hydrogen-bond acceptors (Lipinski definition) is 10. The van der Waals surface area contributed by atoms with E-state index in [-0.39, 0.29) is 58.5 Å². The molecular formula is C36H33ClF8N6O7. The van der Waals surface area contributed by atoms with Gasteiger partial charge < -0.3 is 36.1 Å². The standard InChI is InChI=1S/C18H15F4N3O3.C16H10F4O4.C2H7N3.ClH/c1-25-14(26)18(24-17(25)23,10-2-6-12(7-3-10)27-15(19)20)11-4-8-13(9-5-11)28-16(21)22;17-15(18)23-11-5-1-9(2-6-11)13(21)14(22)10-3-7-12(8-4-10)24-16(19)20;1-5-2(3)4;/h2-9,15-16H,1H3,(H2,23,24);1-8,15-16H;1H3,(H4,3,4,5);1H. The highest BCUT2D eigenvalue weighted by atomic mass is 35.5. The summed E-state index contributed by atoms with van der Waals surface area (Å²) in [4.78, 5) is 45.9. The SMILES string of the molecule is CN1C(=O)C(c2ccc(OC(F)F)cc2)(c2ccc(OC(F)F)cc2)N=C1N.CN=C(N)N.Cl.O=C(C(=O)c1ccc(OC(F)F)cc1)c1ccc(OC(F)F)cc1. The molecule has 0 radical (unpaired) electrons. The second-order valence-electron chi connectivity index (χ2n) is 11.0. The maximum absolute atomic E-state index is 13.0. The van der Waals surface area contributed by atoms with Crippen LogP contribution in [0.1, 0.15) is 31.8 Å². The summed E-state index contributed by atoms with van der Waals surface area (Å²) in [5, 5.41) is 0. The first-order chi connectivity index (χ1) is 26.9. The van der Waals surface area contributed by atoms with E-state index >= 15 is 0 Å². The predicted octanol–water partition coefficient (Wildman–Crippen LogP) is 6.19. The predicted molar refractivity (Wildman–Crippen MR) is 195 cm³/mol. The Balaban J connectivity index is 0.000000356. The number of nitrogens with two attached hydrogens (primary N) is 3. The van der Waals surface area contributed by atoms with Crippen molar-refractivity contribution >= 4 is 41.8 Å². The van der Waals surface area contributed by atoms with Gasteiger partial charge in [0.25, 0.3) is 5.91 Å². The Morgan fingerprint density at radius 3 is 1.07 bits per heavy atom. The molecule has 0 fully saturated rings. The number of guanidine groups is 2. The van der Waals surface area contributed by atoms with Crippen LogP contribution in [-0.2, 0) is 10.3 Å². The Kier molecular flexibility index (Phi) is 17.7. The second-order valence-corrected chi connectivity index (χ2v) is 11.0. The molecule has 6 N–H and O–H groups in total. The lowest BCUT2D eigenvalue weighted by atomic mass is 9.83. The van der Waals surface area contributed by atoms with Crippen LogP contribution in [0.15, 0.2) is 107 Å². The van der Waals surface area contributed by atoms with Crippen molar-refractivity contribution < 1.29 is 68.5 Å². The molecule has 5 rings (SSSR count). The molecule has 0 aliphatic carbocycles. The molecule has 22 heteroatoms. The largest absolute Gasteiger partial charge is 0.435 e. The minimum atomic E-state index is -3.00. The molecule has 1 amide bonds. The van der Waals surface area contributed by atoms with E-state index in [9.17, 15) is 49.5 Å². The minimum absolute atomic E-state index is 0. The van der Waals surface area contributed by atoms with Crippen LogP contribution in [0.4, 0.5) is 35.1 Å². The maximum atomic E-state index is 13.0. The molecule has 1 aliphatic heterocycles. The lowest BCUT2D eigenvalue weighted by Crippen LogP contribution is -2.41. The number of nitrogens with zero attached hydrogens (tertiary/aromatic N) is 3. The molecule has 0 saturated carbocycles. The lowest BCUT2D eigenvalue weighted by molar-refractivity contribution is -0.129. The third kappa shape index (κ3) is 13.0. The van der Waals surface area contributed by atoms with Gasteiger partial charge in [0.15, 0.2) is 17.5 Å². The zero-order valence-electron chi connectivity index (χ0n) is 29.9. The van der Waals surface area contributed by atoms with E-state index in [1.54, 1.807) is 0 Å². The fraction of sp³-hybridized carbons (Fsp3) is 0.194. The number of ketones is 2. The summed E-state index contributed by atoms with van der Waals surface area (Å²) in [6.45, 7) is -12.0. The van der Waals surface area contributed by atoms with Crippen LogP contribution >= 0.6 is 12.4 Å². The molecule has 58 heavy (non-hydrogen) atoms. The summed E-state index contributed by atoms with van der Waals surface area (Å²) in [6, 6.07) is 20.0. The van der Waals surface area contributed by atoms with Crippen molar-refractivity contribution in [1.29, 1.82) is 0 Å². The summed E-state index contributed by atoms with van der Waals surface area (Å²) in [6.07, 6.45) is 0. The van der Waals surface area contributed by atoms with Gasteiger partial charge in [-0.25, -0.2) is 4.99 Å². The molecule has 4 aromatic rings. The van der Waals surface area contributed by atoms with Gasteiger partial charge in [0, 0.05) is 25.2 Å². The summed E-state index contributed by atoms with van der Waals surface area (Å²) in [7, 11) is 2.97. The van der Waals surface area contributed by atoms with Crippen molar-refractivity contribution in [2.45, 2.75) is 32.0 Å². The number of alkyl halides is 8. The number of amides is 1. The fourth-order valence-electron chi connectivity index (χ4n) is 4.78. The van der Waals surface area contributed by atoms with Crippen molar-refractivity contribution in [1.82, 2.24) is 4.90 Å². The number of Topliss-reactive ketones (excluding diaryl/α,β-unsaturated/α-hetero) is 2. The van der Waals surface area contributed by atoms with Gasteiger partial charge in [0.2, 0.25) is 11.6 Å². The molecule has 13 nitrogen and oxygen atoms in total. The van der Waals surface area contributed by atoms with Gasteiger partial charge in [-0.2, -0.15) is 35.1 Å². The number of carbonyl (C=O) groups excluding carboxylic acids is 3. The quantitative estimate of drug-likeness (QED) is 0.0460. The Hall–Kier alpha value is -6.64. The third-order valence-electron chi connectivity index (χ3n) is 7.38. The van der Waals surface area contributed by atoms with E-state index in [2.05, 4.69) is 28.9 Å². The lowest BCUT2D eigenvalue weighted by Gasteiger charge is -2.26. The Labute approximate surface area is 330 Å². The van der Waals surface area contributed by atoms with Crippen molar-refractivity contribution in [3.05, 3.63) is 119 Å². The smallest absolute Gasteiger partial charge is 0.387 e. The number of ether oxygens (including phenoxy) is 4. The number of carbonyl (C=O) groups is 3. The van der Waals surface area contributed by atoms with Crippen LogP contribution in [-0.4, -0.2) is 74.8 Å². The molecule has 1 aliphatic rings. The van der Waals surface area contributed by atoms with E-state index in [4.69, 9.17) is 17.2 Å². The van der Waals surface area contributed by atoms with Gasteiger partial charge in [0.05, 0.1) is 0 Å². The first kappa shape index (κ1) is 47.5. The topological polar surface area (TPSA) is 194 Å². The average molecular weight is 849 g/mol. The molecule has 1 heterocycles. The van der Waals surface area contributed by atoms with Gasteiger partial charge in [-0.3, -0.25) is 24.3 Å². The highest BCUT2D eigenvalue weighted by molar-refractivity contribution is 6.49. The number of likely N-dealkylation sites (N-methyl/N-ethyl adjacent to an activating group) is 1. The highest BCUT2D eigenvalue weighted by Crippen LogP contribution is 2.40. The summed E-state index contributed by atoms with van der Waals surface area (Å²) >= 11 is 0. The molecule has 0 atom stereocenters. The number of rotatable bonds is 13. The molecule has 0 spiro atoms. The zero-order valence-corrected chi connectivity index (χ0v) is 30.7. The molecule has 0 unspecified atom stereocenters. The normalized spacial score (nSPS) is 12.7. The molecular weight excluding hydrogens is 816 g/mol. The average Bonchev–Trinajstić information content (AvgIpc) is 3.39. The van der Waals surface area contributed by atoms with E-state index in [1.807, 2.05) is 0 Å². The first-order valence-corrected chi connectivity index (χ1v) is 15.8. The molecule has 4 aromatic carbocycles. The third-order valence-corrected chi connectivity index (χ3v) is 7.38. The molecule has 0 aromatic heterocycles. The maximum Gasteiger partial charge on any atom is 0.387 e. The minimum Gasteiger partial charge on any atom is -0.435 e. The van der Waals surface area contributed by atoms with Crippen LogP contribution in [0.25, 0.3) is 0 Å². The van der Waals surface area contributed by atoms with Crippen LogP contribution in [0, 0.1) is 0 Å². The Morgan fingerprint density at radius 1 is 0.603 bits per heavy atom. The van der Waals surface area contributed by atoms with Crippen LogP contribution in [0.5, 0.6) is 23.0 Å².